The predicted octanol–water partition coefficient (Wildman–Crippen LogP) is 2.92. The molecule has 8 nitrogen and oxygen atoms in total. The average Bonchev–Trinajstić information content (AvgIpc) is 3.05. The van der Waals surface area contributed by atoms with Crippen molar-refractivity contribution in [2.24, 2.45) is 0 Å². The van der Waals surface area contributed by atoms with Crippen molar-refractivity contribution in [1.82, 2.24) is 9.97 Å². The molecule has 2 atom stereocenters. The van der Waals surface area contributed by atoms with Gasteiger partial charge in [0.1, 0.15) is 18.2 Å². The van der Waals surface area contributed by atoms with Crippen LogP contribution < -0.4 is 20.1 Å². The van der Waals surface area contributed by atoms with Crippen molar-refractivity contribution in [2.45, 2.75) is 44.5 Å². The van der Waals surface area contributed by atoms with E-state index in [1.54, 1.807) is 12.0 Å². The lowest BCUT2D eigenvalue weighted by Crippen LogP contribution is -2.43. The van der Waals surface area contributed by atoms with Crippen LogP contribution in [0.1, 0.15) is 31.2 Å². The summed E-state index contributed by atoms with van der Waals surface area (Å²) in [5, 5.41) is 0. The van der Waals surface area contributed by atoms with Crippen molar-refractivity contribution in [3.8, 4) is 5.75 Å². The minimum atomic E-state index is -1.37. The molecule has 2 aliphatic heterocycles. The number of alkyl halides is 1. The maximum Gasteiger partial charge on any atom is 0.254 e. The minimum Gasteiger partial charge on any atom is -0.491 e. The lowest BCUT2D eigenvalue weighted by molar-refractivity contribution is -0.0467. The molecule has 1 aromatic heterocycles. The van der Waals surface area contributed by atoms with Crippen LogP contribution in [0.25, 0.3) is 0 Å². The Morgan fingerprint density at radius 1 is 1.21 bits per heavy atom. The number of anilines is 2. The van der Waals surface area contributed by atoms with Gasteiger partial charge in [-0.3, -0.25) is 9.78 Å². The first-order chi connectivity index (χ1) is 16.1. The lowest BCUT2D eigenvalue weighted by Gasteiger charge is -2.33. The second-order valence-corrected chi connectivity index (χ2v) is 8.54. The second-order valence-electron chi connectivity index (χ2n) is 8.54. The smallest absolute Gasteiger partial charge is 0.254 e. The van der Waals surface area contributed by atoms with Gasteiger partial charge in [-0.1, -0.05) is 25.0 Å². The minimum absolute atomic E-state index is 0.0786. The number of benzene rings is 1. The summed E-state index contributed by atoms with van der Waals surface area (Å²) >= 11 is 0. The zero-order valence-electron chi connectivity index (χ0n) is 19.2. The van der Waals surface area contributed by atoms with Crippen LogP contribution in [0, 0.1) is 0 Å². The molecule has 4 rings (SSSR count). The van der Waals surface area contributed by atoms with Gasteiger partial charge in [0.25, 0.3) is 5.56 Å². The van der Waals surface area contributed by atoms with Crippen molar-refractivity contribution < 1.29 is 18.6 Å². The molecule has 0 amide bonds. The van der Waals surface area contributed by atoms with Gasteiger partial charge in [0, 0.05) is 32.3 Å². The Bertz CT molecular complexity index is 956. The summed E-state index contributed by atoms with van der Waals surface area (Å²) in [6, 6.07) is 9.76. The summed E-state index contributed by atoms with van der Waals surface area (Å²) in [6.45, 7) is 2.73. The summed E-state index contributed by atoms with van der Waals surface area (Å²) in [5.41, 5.74) is 0.946. The molecule has 3 heterocycles. The SMILES string of the molecule is COCCOc1cccc(C[C@@H]2CCCCCN2c2nc(N3CCO[C@H](F)C3)cc(=O)[nH]2)c1. The van der Waals surface area contributed by atoms with Crippen molar-refractivity contribution in [1.29, 1.82) is 0 Å². The van der Waals surface area contributed by atoms with Crippen LogP contribution in [0.5, 0.6) is 5.75 Å². The highest BCUT2D eigenvalue weighted by atomic mass is 19.1. The number of nitrogens with zero attached hydrogens (tertiary/aromatic N) is 3. The van der Waals surface area contributed by atoms with Crippen molar-refractivity contribution in [3.05, 3.63) is 46.2 Å². The topological polar surface area (TPSA) is 79.9 Å². The van der Waals surface area contributed by atoms with Gasteiger partial charge in [0.15, 0.2) is 0 Å². The molecule has 9 heteroatoms. The van der Waals surface area contributed by atoms with Crippen LogP contribution in [0.4, 0.5) is 16.2 Å². The van der Waals surface area contributed by atoms with E-state index in [9.17, 15) is 9.18 Å². The number of hydrogen-bond donors (Lipinski definition) is 1. The van der Waals surface area contributed by atoms with Crippen LogP contribution >= 0.6 is 0 Å². The van der Waals surface area contributed by atoms with Gasteiger partial charge in [-0.2, -0.15) is 4.98 Å². The number of H-pyrrole nitrogens is 1. The molecule has 0 spiro atoms. The molecule has 0 saturated carbocycles. The number of rotatable bonds is 8. The fourth-order valence-electron chi connectivity index (χ4n) is 4.49. The Balaban J connectivity index is 1.54. The largest absolute Gasteiger partial charge is 0.491 e. The van der Waals surface area contributed by atoms with Gasteiger partial charge in [-0.15, -0.1) is 0 Å². The molecule has 1 aromatic carbocycles. The van der Waals surface area contributed by atoms with Crippen LogP contribution in [0.2, 0.25) is 0 Å². The summed E-state index contributed by atoms with van der Waals surface area (Å²) in [4.78, 5) is 24.2. The molecule has 33 heavy (non-hydrogen) atoms. The van der Waals surface area contributed by atoms with Gasteiger partial charge in [0.2, 0.25) is 12.3 Å². The molecule has 0 bridgehead atoms. The third-order valence-corrected chi connectivity index (χ3v) is 6.14. The summed E-state index contributed by atoms with van der Waals surface area (Å²) < 4.78 is 29.6. The molecule has 0 radical (unpaired) electrons. The molecule has 0 unspecified atom stereocenters. The Hall–Kier alpha value is -2.65. The fraction of sp³-hybridized carbons (Fsp3) is 0.583. The van der Waals surface area contributed by atoms with E-state index in [2.05, 4.69) is 22.0 Å². The second kappa shape index (κ2) is 11.5. The summed E-state index contributed by atoms with van der Waals surface area (Å²) in [5.74, 6) is 1.88. The van der Waals surface area contributed by atoms with Gasteiger partial charge in [-0.05, 0) is 37.0 Å². The molecule has 2 fully saturated rings. The number of hydrogen-bond acceptors (Lipinski definition) is 7. The van der Waals surface area contributed by atoms with E-state index in [0.29, 0.717) is 31.5 Å². The zero-order valence-corrected chi connectivity index (χ0v) is 19.2. The zero-order chi connectivity index (χ0) is 23.0. The molecule has 2 aromatic rings. The first-order valence-corrected chi connectivity index (χ1v) is 11.7. The number of halogens is 1. The van der Waals surface area contributed by atoms with Crippen LogP contribution in [-0.4, -0.2) is 68.9 Å². The van der Waals surface area contributed by atoms with E-state index < -0.39 is 6.36 Å². The van der Waals surface area contributed by atoms with E-state index in [1.165, 1.54) is 11.6 Å². The first-order valence-electron chi connectivity index (χ1n) is 11.7. The maximum atomic E-state index is 13.8. The lowest BCUT2D eigenvalue weighted by atomic mass is 10.0. The molecular formula is C24H33FN4O4. The predicted molar refractivity (Wildman–Crippen MR) is 125 cm³/mol. The van der Waals surface area contributed by atoms with Crippen molar-refractivity contribution in [3.63, 3.8) is 0 Å². The number of nitrogens with one attached hydrogen (secondary N) is 1. The van der Waals surface area contributed by atoms with E-state index in [4.69, 9.17) is 19.2 Å². The van der Waals surface area contributed by atoms with Gasteiger partial charge in [0.05, 0.1) is 19.8 Å². The number of aromatic amines is 1. The third kappa shape index (κ3) is 6.45. The number of morpholine rings is 1. The number of ether oxygens (including phenoxy) is 3. The Morgan fingerprint density at radius 2 is 2.12 bits per heavy atom. The first kappa shape index (κ1) is 23.5. The van der Waals surface area contributed by atoms with Crippen LogP contribution in [-0.2, 0) is 15.9 Å². The van der Waals surface area contributed by atoms with E-state index in [1.807, 2.05) is 12.1 Å². The highest BCUT2D eigenvalue weighted by Gasteiger charge is 2.26. The molecule has 2 aliphatic rings. The monoisotopic (exact) mass is 460 g/mol. The highest BCUT2D eigenvalue weighted by Crippen LogP contribution is 2.26. The highest BCUT2D eigenvalue weighted by molar-refractivity contribution is 5.45. The standard InChI is InChI=1S/C24H33FN4O4/c1-31-12-13-32-20-8-5-6-18(15-20)14-19-7-3-2-4-9-29(19)24-26-22(16-23(30)27-24)28-10-11-33-21(25)17-28/h5-6,8,15-16,19,21H,2-4,7,9-14,17H2,1H3,(H,26,27,30)/t19-,21-/m0/s1. The average molecular weight is 461 g/mol. The fourth-order valence-corrected chi connectivity index (χ4v) is 4.49. The summed E-state index contributed by atoms with van der Waals surface area (Å²) in [6.07, 6.45) is 3.76. The Labute approximate surface area is 193 Å². The number of methoxy groups -OCH3 is 1. The summed E-state index contributed by atoms with van der Waals surface area (Å²) in [7, 11) is 1.66. The Morgan fingerprint density at radius 3 is 2.97 bits per heavy atom. The van der Waals surface area contributed by atoms with Gasteiger partial charge >= 0.3 is 0 Å². The van der Waals surface area contributed by atoms with Crippen LogP contribution in [0.15, 0.2) is 35.1 Å². The molecule has 180 valence electrons. The van der Waals surface area contributed by atoms with Gasteiger partial charge in [-0.25, -0.2) is 4.39 Å². The molecule has 1 N–H and O–H groups in total. The number of aromatic nitrogens is 2. The van der Waals surface area contributed by atoms with E-state index in [0.717, 1.165) is 44.4 Å². The molecular weight excluding hydrogens is 427 g/mol. The molecule has 0 aliphatic carbocycles. The maximum absolute atomic E-state index is 13.8. The van der Waals surface area contributed by atoms with Crippen molar-refractivity contribution >= 4 is 11.8 Å². The van der Waals surface area contributed by atoms with E-state index in [-0.39, 0.29) is 24.8 Å². The van der Waals surface area contributed by atoms with Crippen molar-refractivity contribution in [2.75, 3.05) is 56.4 Å². The van der Waals surface area contributed by atoms with Gasteiger partial charge < -0.3 is 24.0 Å². The third-order valence-electron chi connectivity index (χ3n) is 6.14. The normalized spacial score (nSPS) is 21.6. The van der Waals surface area contributed by atoms with E-state index >= 15 is 0 Å². The quantitative estimate of drug-likeness (QED) is 0.607. The molecule has 2 saturated heterocycles. The van der Waals surface area contributed by atoms with Crippen LogP contribution in [0.3, 0.4) is 0 Å². The Kier molecular flexibility index (Phi) is 8.17.